The maximum absolute atomic E-state index is 12.5. The topological polar surface area (TPSA) is 61.8 Å². The van der Waals surface area contributed by atoms with E-state index in [0.717, 1.165) is 12.1 Å². The largest absolute Gasteiger partial charge is 0.416 e. The monoisotopic (exact) mass is 275 g/mol. The summed E-state index contributed by atoms with van der Waals surface area (Å²) in [6.07, 6.45) is -3.98. The highest BCUT2D eigenvalue weighted by molar-refractivity contribution is 5.79. The number of benzene rings is 1. The van der Waals surface area contributed by atoms with Crippen molar-refractivity contribution >= 4 is 5.84 Å². The smallest absolute Gasteiger partial charge is 0.409 e. The molecule has 19 heavy (non-hydrogen) atoms. The molecule has 0 spiro atoms. The van der Waals surface area contributed by atoms with Crippen LogP contribution in [0.15, 0.2) is 29.4 Å². The van der Waals surface area contributed by atoms with Crippen LogP contribution in [0.3, 0.4) is 0 Å². The summed E-state index contributed by atoms with van der Waals surface area (Å²) in [6.45, 7) is 0.856. The predicted octanol–water partition coefficient (Wildman–Crippen LogP) is 2.27. The molecule has 0 bridgehead atoms. The molecule has 0 heterocycles. The Hall–Kier alpha value is -1.76. The summed E-state index contributed by atoms with van der Waals surface area (Å²) >= 11 is 0. The second-order valence-electron chi connectivity index (χ2n) is 4.28. The van der Waals surface area contributed by atoms with Crippen molar-refractivity contribution < 1.29 is 18.4 Å². The summed E-state index contributed by atoms with van der Waals surface area (Å²) < 4.78 is 37.6. The quantitative estimate of drug-likeness (QED) is 0.375. The third-order valence-electron chi connectivity index (χ3n) is 2.58. The summed E-state index contributed by atoms with van der Waals surface area (Å²) in [5, 5.41) is 11.2. The van der Waals surface area contributed by atoms with Crippen molar-refractivity contribution in [3.8, 4) is 0 Å². The van der Waals surface area contributed by atoms with E-state index in [1.807, 2.05) is 0 Å². The zero-order valence-corrected chi connectivity index (χ0v) is 10.5. The molecule has 0 saturated carbocycles. The molecule has 0 radical (unpaired) electrons. The summed E-state index contributed by atoms with van der Waals surface area (Å²) in [6, 6.07) is 5.19. The van der Waals surface area contributed by atoms with E-state index in [2.05, 4.69) is 5.16 Å². The maximum atomic E-state index is 12.5. The number of amidine groups is 1. The minimum Gasteiger partial charge on any atom is -0.409 e. The molecule has 1 aromatic carbocycles. The first-order valence-corrected chi connectivity index (χ1v) is 5.64. The van der Waals surface area contributed by atoms with Gasteiger partial charge in [-0.05, 0) is 18.7 Å². The second-order valence-corrected chi connectivity index (χ2v) is 4.28. The van der Waals surface area contributed by atoms with Crippen LogP contribution in [0.5, 0.6) is 0 Å². The Bertz CT molecular complexity index is 446. The van der Waals surface area contributed by atoms with Crippen LogP contribution in [0.4, 0.5) is 13.2 Å². The van der Waals surface area contributed by atoms with Crippen molar-refractivity contribution in [1.82, 2.24) is 4.90 Å². The van der Waals surface area contributed by atoms with Gasteiger partial charge in [-0.2, -0.15) is 13.2 Å². The van der Waals surface area contributed by atoms with Crippen molar-refractivity contribution in [1.29, 1.82) is 0 Å². The first-order chi connectivity index (χ1) is 8.82. The fourth-order valence-electron chi connectivity index (χ4n) is 1.59. The van der Waals surface area contributed by atoms with Crippen LogP contribution in [0, 0.1) is 0 Å². The fourth-order valence-corrected chi connectivity index (χ4v) is 1.59. The van der Waals surface area contributed by atoms with Crippen LogP contribution in [0.2, 0.25) is 0 Å². The van der Waals surface area contributed by atoms with Crippen molar-refractivity contribution in [2.24, 2.45) is 10.9 Å². The number of halogens is 3. The van der Waals surface area contributed by atoms with Crippen molar-refractivity contribution in [2.75, 3.05) is 13.6 Å². The lowest BCUT2D eigenvalue weighted by molar-refractivity contribution is -0.137. The average molecular weight is 275 g/mol. The highest BCUT2D eigenvalue weighted by atomic mass is 19.4. The van der Waals surface area contributed by atoms with Gasteiger partial charge in [0.1, 0.15) is 5.84 Å². The molecule has 4 nitrogen and oxygen atoms in total. The third kappa shape index (κ3) is 5.17. The van der Waals surface area contributed by atoms with Crippen LogP contribution >= 0.6 is 0 Å². The van der Waals surface area contributed by atoms with Gasteiger partial charge < -0.3 is 15.8 Å². The van der Waals surface area contributed by atoms with E-state index in [1.165, 1.54) is 6.07 Å². The molecule has 0 amide bonds. The predicted molar refractivity (Wildman–Crippen MR) is 65.8 cm³/mol. The van der Waals surface area contributed by atoms with E-state index < -0.39 is 11.7 Å². The fraction of sp³-hybridized carbons (Fsp3) is 0.417. The number of oxime groups is 1. The van der Waals surface area contributed by atoms with Crippen LogP contribution in [0.25, 0.3) is 0 Å². The van der Waals surface area contributed by atoms with Gasteiger partial charge in [0.25, 0.3) is 0 Å². The van der Waals surface area contributed by atoms with E-state index >= 15 is 0 Å². The lowest BCUT2D eigenvalue weighted by Gasteiger charge is -2.17. The molecule has 0 aliphatic rings. The molecule has 106 valence electrons. The highest BCUT2D eigenvalue weighted by Gasteiger charge is 2.30. The van der Waals surface area contributed by atoms with E-state index in [4.69, 9.17) is 10.9 Å². The van der Waals surface area contributed by atoms with Gasteiger partial charge in [0, 0.05) is 19.5 Å². The number of alkyl halides is 3. The van der Waals surface area contributed by atoms with Gasteiger partial charge in [-0.25, -0.2) is 0 Å². The average Bonchev–Trinajstić information content (AvgIpc) is 2.35. The molecule has 0 unspecified atom stereocenters. The molecule has 3 N–H and O–H groups in total. The van der Waals surface area contributed by atoms with Gasteiger partial charge in [0.05, 0.1) is 5.56 Å². The van der Waals surface area contributed by atoms with Crippen LogP contribution in [-0.2, 0) is 12.7 Å². The van der Waals surface area contributed by atoms with Gasteiger partial charge >= 0.3 is 6.18 Å². The Morgan fingerprint density at radius 2 is 2.11 bits per heavy atom. The lowest BCUT2D eigenvalue weighted by Crippen LogP contribution is -2.24. The third-order valence-corrected chi connectivity index (χ3v) is 2.58. The van der Waals surface area contributed by atoms with Crippen molar-refractivity contribution in [3.05, 3.63) is 35.4 Å². The number of nitrogens with two attached hydrogens (primary N) is 1. The first kappa shape index (κ1) is 15.3. The zero-order valence-electron chi connectivity index (χ0n) is 10.5. The van der Waals surface area contributed by atoms with Crippen LogP contribution in [-0.4, -0.2) is 29.5 Å². The van der Waals surface area contributed by atoms with E-state index in [-0.39, 0.29) is 5.84 Å². The molecule has 1 aromatic rings. The van der Waals surface area contributed by atoms with Gasteiger partial charge in [-0.1, -0.05) is 23.4 Å². The molecule has 0 saturated heterocycles. The standard InChI is InChI=1S/C12H16F3N3O/c1-18(6-5-11(16)17-19)8-9-3-2-4-10(7-9)12(13,14)15/h2-4,7,19H,5-6,8H2,1H3,(H2,16,17). The molecule has 0 aromatic heterocycles. The Kier molecular flexibility index (Phi) is 5.17. The summed E-state index contributed by atoms with van der Waals surface area (Å²) in [5.41, 5.74) is 5.23. The Balaban J connectivity index is 2.62. The molecule has 0 aliphatic carbocycles. The zero-order chi connectivity index (χ0) is 14.5. The molecule has 7 heteroatoms. The Morgan fingerprint density at radius 1 is 1.42 bits per heavy atom. The van der Waals surface area contributed by atoms with E-state index in [9.17, 15) is 13.2 Å². The lowest BCUT2D eigenvalue weighted by atomic mass is 10.1. The summed E-state index contributed by atoms with van der Waals surface area (Å²) in [5.74, 6) is 0.0934. The number of hydrogen-bond donors (Lipinski definition) is 2. The summed E-state index contributed by atoms with van der Waals surface area (Å²) in [4.78, 5) is 1.80. The van der Waals surface area contributed by atoms with Crippen molar-refractivity contribution in [2.45, 2.75) is 19.1 Å². The van der Waals surface area contributed by atoms with Gasteiger partial charge in [-0.15, -0.1) is 0 Å². The van der Waals surface area contributed by atoms with E-state index in [0.29, 0.717) is 25.1 Å². The van der Waals surface area contributed by atoms with Crippen LogP contribution in [0.1, 0.15) is 17.5 Å². The molecule has 1 rings (SSSR count). The van der Waals surface area contributed by atoms with Gasteiger partial charge in [-0.3, -0.25) is 0 Å². The molecule has 0 aliphatic heterocycles. The maximum Gasteiger partial charge on any atom is 0.416 e. The minimum absolute atomic E-state index is 0.0934. The SMILES string of the molecule is CN(CC/C(N)=N/O)Cc1cccc(C(F)(F)F)c1. The number of nitrogens with zero attached hydrogens (tertiary/aromatic N) is 2. The number of hydrogen-bond acceptors (Lipinski definition) is 3. The normalized spacial score (nSPS) is 13.0. The van der Waals surface area contributed by atoms with Crippen molar-refractivity contribution in [3.63, 3.8) is 0 Å². The van der Waals surface area contributed by atoms with Gasteiger partial charge in [0.15, 0.2) is 0 Å². The Morgan fingerprint density at radius 3 is 2.68 bits per heavy atom. The highest BCUT2D eigenvalue weighted by Crippen LogP contribution is 2.29. The van der Waals surface area contributed by atoms with Gasteiger partial charge in [0.2, 0.25) is 0 Å². The molecule has 0 fully saturated rings. The second kappa shape index (κ2) is 6.42. The Labute approximate surface area is 109 Å². The molecular formula is C12H16F3N3O. The number of rotatable bonds is 5. The minimum atomic E-state index is -4.33. The molecule has 0 atom stereocenters. The van der Waals surface area contributed by atoms with E-state index in [1.54, 1.807) is 18.0 Å². The molecular weight excluding hydrogens is 259 g/mol. The first-order valence-electron chi connectivity index (χ1n) is 5.64. The summed E-state index contributed by atoms with van der Waals surface area (Å²) in [7, 11) is 1.75. The van der Waals surface area contributed by atoms with Crippen LogP contribution < -0.4 is 5.73 Å².